The van der Waals surface area contributed by atoms with Crippen molar-refractivity contribution in [3.05, 3.63) is 78.3 Å². The van der Waals surface area contributed by atoms with Crippen molar-refractivity contribution in [1.29, 1.82) is 0 Å². The molecule has 1 amide bonds. The number of rotatable bonds is 6. The number of fused-ring (bicyclic) bond motifs is 1. The zero-order chi connectivity index (χ0) is 18.5. The van der Waals surface area contributed by atoms with Gasteiger partial charge in [-0.25, -0.2) is 0 Å². The van der Waals surface area contributed by atoms with Crippen LogP contribution in [0, 0.1) is 0 Å². The quantitative estimate of drug-likeness (QED) is 0.664. The summed E-state index contributed by atoms with van der Waals surface area (Å²) in [7, 11) is 0. The first-order chi connectivity index (χ1) is 13.3. The van der Waals surface area contributed by atoms with Gasteiger partial charge >= 0.3 is 0 Å². The van der Waals surface area contributed by atoms with Gasteiger partial charge in [-0.2, -0.15) is 0 Å². The molecule has 27 heavy (non-hydrogen) atoms. The maximum atomic E-state index is 12.0. The average molecular weight is 363 g/mol. The third-order valence-corrected chi connectivity index (χ3v) is 3.89. The molecule has 136 valence electrons. The van der Waals surface area contributed by atoms with E-state index in [2.05, 4.69) is 5.32 Å². The van der Waals surface area contributed by atoms with E-state index in [0.717, 1.165) is 11.3 Å². The molecule has 0 spiro atoms. The molecule has 0 radical (unpaired) electrons. The Kier molecular flexibility index (Phi) is 4.78. The summed E-state index contributed by atoms with van der Waals surface area (Å²) in [6.07, 6.45) is 4.59. The number of hydrogen-bond donors (Lipinski definition) is 1. The molecule has 4 rings (SSSR count). The van der Waals surface area contributed by atoms with Crippen molar-refractivity contribution < 1.29 is 23.4 Å². The summed E-state index contributed by atoms with van der Waals surface area (Å²) in [5.74, 6) is 2.47. The van der Waals surface area contributed by atoms with Crippen molar-refractivity contribution in [2.24, 2.45) is 0 Å². The number of nitrogens with one attached hydrogen (secondary N) is 1. The third-order valence-electron chi connectivity index (χ3n) is 3.89. The van der Waals surface area contributed by atoms with E-state index >= 15 is 0 Å². The highest BCUT2D eigenvalue weighted by atomic mass is 16.7. The molecule has 0 saturated heterocycles. The van der Waals surface area contributed by atoms with Crippen LogP contribution in [0.5, 0.6) is 17.2 Å². The van der Waals surface area contributed by atoms with E-state index in [1.807, 2.05) is 36.4 Å². The second-order valence-electron chi connectivity index (χ2n) is 5.84. The van der Waals surface area contributed by atoms with Crippen LogP contribution in [0.1, 0.15) is 11.3 Å². The first-order valence-corrected chi connectivity index (χ1v) is 8.40. The summed E-state index contributed by atoms with van der Waals surface area (Å²) in [6, 6.07) is 16.5. The van der Waals surface area contributed by atoms with Gasteiger partial charge in [-0.05, 0) is 48.0 Å². The van der Waals surface area contributed by atoms with Gasteiger partial charge in [0.05, 0.1) is 6.26 Å². The fourth-order valence-electron chi connectivity index (χ4n) is 2.60. The van der Waals surface area contributed by atoms with Crippen molar-refractivity contribution in [2.75, 3.05) is 12.1 Å². The fraction of sp³-hybridized carbons (Fsp3) is 0.0952. The van der Waals surface area contributed by atoms with E-state index in [9.17, 15) is 4.79 Å². The van der Waals surface area contributed by atoms with E-state index in [1.165, 1.54) is 6.08 Å². The Balaban J connectivity index is 1.35. The molecule has 0 aliphatic carbocycles. The van der Waals surface area contributed by atoms with Gasteiger partial charge in [0.2, 0.25) is 12.7 Å². The van der Waals surface area contributed by atoms with Gasteiger partial charge in [-0.1, -0.05) is 12.1 Å². The van der Waals surface area contributed by atoms with Crippen LogP contribution >= 0.6 is 0 Å². The topological polar surface area (TPSA) is 69.9 Å². The number of carbonyl (C=O) groups is 1. The molecule has 1 aromatic heterocycles. The summed E-state index contributed by atoms with van der Waals surface area (Å²) >= 11 is 0. The van der Waals surface area contributed by atoms with Crippen molar-refractivity contribution in [3.8, 4) is 17.2 Å². The second kappa shape index (κ2) is 7.70. The number of furan rings is 1. The predicted octanol–water partition coefficient (Wildman–Crippen LogP) is 4.24. The van der Waals surface area contributed by atoms with Gasteiger partial charge in [0.15, 0.2) is 11.5 Å². The summed E-state index contributed by atoms with van der Waals surface area (Å²) in [4.78, 5) is 12.0. The highest BCUT2D eigenvalue weighted by Gasteiger charge is 2.13. The van der Waals surface area contributed by atoms with E-state index in [-0.39, 0.29) is 12.7 Å². The Labute approximate surface area is 156 Å². The standard InChI is InChI=1S/C21H17NO5/c23-21(9-7-17-5-2-10-24-17)22-16-4-1-3-15(11-16)13-25-18-6-8-19-20(12-18)27-14-26-19/h1-12H,13-14H2,(H,22,23). The zero-order valence-corrected chi connectivity index (χ0v) is 14.4. The van der Waals surface area contributed by atoms with Crippen LogP contribution in [-0.4, -0.2) is 12.7 Å². The number of benzene rings is 2. The molecule has 1 aliphatic heterocycles. The molecule has 6 nitrogen and oxygen atoms in total. The summed E-state index contributed by atoms with van der Waals surface area (Å²) in [5, 5.41) is 2.82. The van der Waals surface area contributed by atoms with Crippen molar-refractivity contribution in [1.82, 2.24) is 0 Å². The van der Waals surface area contributed by atoms with Crippen molar-refractivity contribution in [2.45, 2.75) is 6.61 Å². The minimum atomic E-state index is -0.236. The minimum absolute atomic E-state index is 0.231. The Morgan fingerprint density at radius 3 is 2.89 bits per heavy atom. The van der Waals surface area contributed by atoms with Crippen LogP contribution in [0.15, 0.2) is 71.4 Å². The zero-order valence-electron chi connectivity index (χ0n) is 14.4. The number of amides is 1. The van der Waals surface area contributed by atoms with Crippen molar-refractivity contribution in [3.63, 3.8) is 0 Å². The monoisotopic (exact) mass is 363 g/mol. The molecule has 0 atom stereocenters. The van der Waals surface area contributed by atoms with Crippen LogP contribution < -0.4 is 19.5 Å². The van der Waals surface area contributed by atoms with E-state index in [0.29, 0.717) is 29.6 Å². The van der Waals surface area contributed by atoms with E-state index in [1.54, 1.807) is 30.5 Å². The molecule has 0 bridgehead atoms. The van der Waals surface area contributed by atoms with Gasteiger partial charge in [0, 0.05) is 17.8 Å². The van der Waals surface area contributed by atoms with Gasteiger partial charge in [-0.15, -0.1) is 0 Å². The number of anilines is 1. The maximum absolute atomic E-state index is 12.0. The molecule has 6 heteroatoms. The smallest absolute Gasteiger partial charge is 0.248 e. The normalized spacial score (nSPS) is 12.3. The van der Waals surface area contributed by atoms with E-state index in [4.69, 9.17) is 18.6 Å². The minimum Gasteiger partial charge on any atom is -0.489 e. The molecule has 0 unspecified atom stereocenters. The van der Waals surface area contributed by atoms with Crippen LogP contribution in [-0.2, 0) is 11.4 Å². The molecule has 0 fully saturated rings. The molecule has 3 aromatic rings. The molecular weight excluding hydrogens is 346 g/mol. The number of hydrogen-bond acceptors (Lipinski definition) is 5. The fourth-order valence-corrected chi connectivity index (χ4v) is 2.60. The Bertz CT molecular complexity index is 962. The predicted molar refractivity (Wildman–Crippen MR) is 99.7 cm³/mol. The highest BCUT2D eigenvalue weighted by molar-refractivity contribution is 6.01. The summed E-state index contributed by atoms with van der Waals surface area (Å²) in [5.41, 5.74) is 1.62. The van der Waals surface area contributed by atoms with Gasteiger partial charge in [0.25, 0.3) is 0 Å². The third kappa shape index (κ3) is 4.30. The Morgan fingerprint density at radius 2 is 2.00 bits per heavy atom. The second-order valence-corrected chi connectivity index (χ2v) is 5.84. The lowest BCUT2D eigenvalue weighted by Gasteiger charge is -2.09. The molecule has 2 heterocycles. The first-order valence-electron chi connectivity index (χ1n) is 8.40. The van der Waals surface area contributed by atoms with Crippen molar-refractivity contribution >= 4 is 17.7 Å². The molecule has 1 N–H and O–H groups in total. The molecule has 2 aromatic carbocycles. The molecule has 0 saturated carbocycles. The lowest BCUT2D eigenvalue weighted by Crippen LogP contribution is -2.08. The molecule has 1 aliphatic rings. The first kappa shape index (κ1) is 16.8. The van der Waals surface area contributed by atoms with Crippen LogP contribution in [0.3, 0.4) is 0 Å². The van der Waals surface area contributed by atoms with Gasteiger partial charge in [-0.3, -0.25) is 4.79 Å². The number of ether oxygens (including phenoxy) is 3. The van der Waals surface area contributed by atoms with Crippen LogP contribution in [0.4, 0.5) is 5.69 Å². The van der Waals surface area contributed by atoms with Crippen LogP contribution in [0.25, 0.3) is 6.08 Å². The lowest BCUT2D eigenvalue weighted by molar-refractivity contribution is -0.111. The SMILES string of the molecule is O=C(C=Cc1ccco1)Nc1cccc(COc2ccc3c(c2)OCO3)c1. The van der Waals surface area contributed by atoms with Gasteiger partial charge in [0.1, 0.15) is 18.1 Å². The average Bonchev–Trinajstić information content (AvgIpc) is 3.36. The molecular formula is C21H17NO5. The summed E-state index contributed by atoms with van der Waals surface area (Å²) in [6.45, 7) is 0.598. The van der Waals surface area contributed by atoms with E-state index < -0.39 is 0 Å². The Hall–Kier alpha value is -3.67. The Morgan fingerprint density at radius 1 is 1.07 bits per heavy atom. The highest BCUT2D eigenvalue weighted by Crippen LogP contribution is 2.35. The summed E-state index contributed by atoms with van der Waals surface area (Å²) < 4.78 is 21.6. The lowest BCUT2D eigenvalue weighted by atomic mass is 10.2. The van der Waals surface area contributed by atoms with Gasteiger partial charge < -0.3 is 23.9 Å². The number of carbonyl (C=O) groups excluding carboxylic acids is 1. The van der Waals surface area contributed by atoms with Crippen LogP contribution in [0.2, 0.25) is 0 Å². The maximum Gasteiger partial charge on any atom is 0.248 e. The largest absolute Gasteiger partial charge is 0.489 e.